The number of hydrogen-bond donors (Lipinski definition) is 1. The molecule has 0 saturated carbocycles. The highest BCUT2D eigenvalue weighted by Crippen LogP contribution is 2.34. The third-order valence-corrected chi connectivity index (χ3v) is 4.47. The van der Waals surface area contributed by atoms with E-state index in [-0.39, 0.29) is 0 Å². The Hall–Kier alpha value is -2.80. The second kappa shape index (κ2) is 6.60. The summed E-state index contributed by atoms with van der Waals surface area (Å²) in [6, 6.07) is 7.78. The molecule has 1 fully saturated rings. The summed E-state index contributed by atoms with van der Waals surface area (Å²) in [7, 11) is 3.32. The van der Waals surface area contributed by atoms with E-state index in [1.807, 2.05) is 28.9 Å². The van der Waals surface area contributed by atoms with Crippen LogP contribution in [0.15, 0.2) is 36.7 Å². The Morgan fingerprint density at radius 2 is 1.92 bits per heavy atom. The highest BCUT2D eigenvalue weighted by Gasteiger charge is 2.18. The van der Waals surface area contributed by atoms with Crippen LogP contribution in [-0.4, -0.2) is 55.0 Å². The first-order valence-electron chi connectivity index (χ1n) is 8.32. The zero-order valence-corrected chi connectivity index (χ0v) is 14.4. The second-order valence-corrected chi connectivity index (χ2v) is 5.91. The molecule has 1 aliphatic heterocycles. The molecule has 3 aromatic rings. The Morgan fingerprint density at radius 1 is 1.08 bits per heavy atom. The van der Waals surface area contributed by atoms with Crippen LogP contribution >= 0.6 is 0 Å². The van der Waals surface area contributed by atoms with Crippen molar-refractivity contribution in [1.82, 2.24) is 19.9 Å². The van der Waals surface area contributed by atoms with Gasteiger partial charge in [0.25, 0.3) is 0 Å². The number of nitrogens with one attached hydrogen (secondary N) is 1. The molecule has 3 heterocycles. The summed E-state index contributed by atoms with van der Waals surface area (Å²) in [4.78, 5) is 6.89. The predicted molar refractivity (Wildman–Crippen MR) is 96.6 cm³/mol. The average molecular weight is 339 g/mol. The molecule has 1 aromatic carbocycles. The maximum absolute atomic E-state index is 5.50. The minimum atomic E-state index is 0.765. The first-order valence-corrected chi connectivity index (χ1v) is 8.32. The fourth-order valence-corrected chi connectivity index (χ4v) is 3.17. The number of fused-ring (bicyclic) bond motifs is 1. The molecule has 4 rings (SSSR count). The van der Waals surface area contributed by atoms with Crippen LogP contribution in [0.25, 0.3) is 16.8 Å². The van der Waals surface area contributed by atoms with E-state index in [0.717, 1.165) is 60.3 Å². The minimum absolute atomic E-state index is 0.765. The number of hydrogen-bond acceptors (Lipinski definition) is 6. The van der Waals surface area contributed by atoms with Gasteiger partial charge in [0, 0.05) is 44.1 Å². The Morgan fingerprint density at radius 3 is 2.68 bits per heavy atom. The van der Waals surface area contributed by atoms with E-state index < -0.39 is 0 Å². The first kappa shape index (κ1) is 15.7. The number of nitrogens with zero attached hydrogens (tertiary/aromatic N) is 4. The smallest absolute Gasteiger partial charge is 0.154 e. The standard InChI is InChI=1S/C18H21N5O2/c1-24-13-3-4-17(25-2)14(11-13)15-12-16-18(20-7-10-23(16)21-15)22-8-5-19-6-9-22/h3-4,7,10-12,19H,5-6,8-9H2,1-2H3. The predicted octanol–water partition coefficient (Wildman–Crippen LogP) is 1.82. The Kier molecular flexibility index (Phi) is 4.15. The molecule has 7 nitrogen and oxygen atoms in total. The SMILES string of the molecule is COc1ccc(OC)c(-c2cc3c(N4CCNCC4)nccn3n2)c1. The molecule has 7 heteroatoms. The highest BCUT2D eigenvalue weighted by atomic mass is 16.5. The van der Waals surface area contributed by atoms with Gasteiger partial charge in [0.2, 0.25) is 0 Å². The molecule has 0 spiro atoms. The number of anilines is 1. The van der Waals surface area contributed by atoms with Crippen LogP contribution in [0.5, 0.6) is 11.5 Å². The van der Waals surface area contributed by atoms with Gasteiger partial charge in [-0.1, -0.05) is 0 Å². The van der Waals surface area contributed by atoms with Gasteiger partial charge in [-0.15, -0.1) is 0 Å². The van der Waals surface area contributed by atoms with Crippen molar-refractivity contribution in [3.63, 3.8) is 0 Å². The average Bonchev–Trinajstić information content (AvgIpc) is 3.12. The van der Waals surface area contributed by atoms with Gasteiger partial charge in [0.15, 0.2) is 5.82 Å². The monoisotopic (exact) mass is 339 g/mol. The molecular formula is C18H21N5O2. The van der Waals surface area contributed by atoms with Gasteiger partial charge >= 0.3 is 0 Å². The molecule has 0 aliphatic carbocycles. The maximum atomic E-state index is 5.50. The van der Waals surface area contributed by atoms with Crippen molar-refractivity contribution in [3.8, 4) is 22.8 Å². The van der Waals surface area contributed by atoms with Crippen molar-refractivity contribution in [2.45, 2.75) is 0 Å². The Labute approximate surface area is 146 Å². The van der Waals surface area contributed by atoms with Crippen LogP contribution in [0, 0.1) is 0 Å². The van der Waals surface area contributed by atoms with Crippen molar-refractivity contribution in [3.05, 3.63) is 36.7 Å². The summed E-state index contributed by atoms with van der Waals surface area (Å²) in [5.41, 5.74) is 2.72. The fraction of sp³-hybridized carbons (Fsp3) is 0.333. The number of piperazine rings is 1. The summed E-state index contributed by atoms with van der Waals surface area (Å²) < 4.78 is 12.7. The zero-order chi connectivity index (χ0) is 17.2. The maximum Gasteiger partial charge on any atom is 0.154 e. The van der Waals surface area contributed by atoms with Crippen LogP contribution in [0.3, 0.4) is 0 Å². The second-order valence-electron chi connectivity index (χ2n) is 5.91. The van der Waals surface area contributed by atoms with Gasteiger partial charge in [0.1, 0.15) is 17.0 Å². The Balaban J connectivity index is 1.82. The van der Waals surface area contributed by atoms with E-state index in [1.165, 1.54) is 0 Å². The molecule has 0 amide bonds. The van der Waals surface area contributed by atoms with Crippen molar-refractivity contribution in [2.24, 2.45) is 0 Å². The molecule has 1 N–H and O–H groups in total. The molecule has 0 radical (unpaired) electrons. The third kappa shape index (κ3) is 2.87. The number of methoxy groups -OCH3 is 2. The van der Waals surface area contributed by atoms with Crippen LogP contribution in [0.2, 0.25) is 0 Å². The van der Waals surface area contributed by atoms with Crippen LogP contribution in [0.1, 0.15) is 0 Å². The third-order valence-electron chi connectivity index (χ3n) is 4.47. The molecule has 130 valence electrons. The van der Waals surface area contributed by atoms with Gasteiger partial charge in [0.05, 0.1) is 19.9 Å². The van der Waals surface area contributed by atoms with Gasteiger partial charge in [-0.2, -0.15) is 5.10 Å². The summed E-state index contributed by atoms with van der Waals surface area (Å²) in [5, 5.41) is 8.09. The van der Waals surface area contributed by atoms with Gasteiger partial charge in [-0.25, -0.2) is 9.50 Å². The van der Waals surface area contributed by atoms with Crippen LogP contribution in [0.4, 0.5) is 5.82 Å². The lowest BCUT2D eigenvalue weighted by atomic mass is 10.1. The van der Waals surface area contributed by atoms with E-state index >= 15 is 0 Å². The van der Waals surface area contributed by atoms with Gasteiger partial charge < -0.3 is 19.7 Å². The van der Waals surface area contributed by atoms with E-state index in [2.05, 4.69) is 21.3 Å². The number of benzene rings is 1. The summed E-state index contributed by atoms with van der Waals surface area (Å²) >= 11 is 0. The van der Waals surface area contributed by atoms with Crippen molar-refractivity contribution < 1.29 is 9.47 Å². The van der Waals surface area contributed by atoms with E-state index in [1.54, 1.807) is 20.4 Å². The zero-order valence-electron chi connectivity index (χ0n) is 14.4. The summed E-state index contributed by atoms with van der Waals surface area (Å²) in [6.45, 7) is 3.81. The molecule has 0 atom stereocenters. The van der Waals surface area contributed by atoms with Crippen molar-refractivity contribution in [2.75, 3.05) is 45.3 Å². The summed E-state index contributed by atoms with van der Waals surface area (Å²) in [5.74, 6) is 2.50. The summed E-state index contributed by atoms with van der Waals surface area (Å²) in [6.07, 6.45) is 3.67. The van der Waals surface area contributed by atoms with Crippen LogP contribution < -0.4 is 19.7 Å². The molecule has 0 bridgehead atoms. The minimum Gasteiger partial charge on any atom is -0.497 e. The lowest BCUT2D eigenvalue weighted by Crippen LogP contribution is -2.44. The number of rotatable bonds is 4. The van der Waals surface area contributed by atoms with Crippen LogP contribution in [-0.2, 0) is 0 Å². The topological polar surface area (TPSA) is 63.9 Å². The Bertz CT molecular complexity index is 886. The molecule has 0 unspecified atom stereocenters. The molecular weight excluding hydrogens is 318 g/mol. The lowest BCUT2D eigenvalue weighted by molar-refractivity contribution is 0.404. The molecule has 2 aromatic heterocycles. The van der Waals surface area contributed by atoms with Crippen molar-refractivity contribution in [1.29, 1.82) is 0 Å². The van der Waals surface area contributed by atoms with Gasteiger partial charge in [-0.05, 0) is 24.3 Å². The number of ether oxygens (including phenoxy) is 2. The first-order chi connectivity index (χ1) is 12.3. The van der Waals surface area contributed by atoms with E-state index in [9.17, 15) is 0 Å². The van der Waals surface area contributed by atoms with Gasteiger partial charge in [-0.3, -0.25) is 0 Å². The quantitative estimate of drug-likeness (QED) is 0.782. The molecule has 25 heavy (non-hydrogen) atoms. The number of aromatic nitrogens is 3. The molecule has 1 saturated heterocycles. The molecule has 1 aliphatic rings. The lowest BCUT2D eigenvalue weighted by Gasteiger charge is -2.28. The van der Waals surface area contributed by atoms with Crippen molar-refractivity contribution >= 4 is 11.3 Å². The largest absolute Gasteiger partial charge is 0.497 e. The normalized spacial score (nSPS) is 14.7. The van der Waals surface area contributed by atoms with E-state index in [4.69, 9.17) is 14.6 Å². The van der Waals surface area contributed by atoms with E-state index in [0.29, 0.717) is 0 Å². The highest BCUT2D eigenvalue weighted by molar-refractivity contribution is 5.78. The fourth-order valence-electron chi connectivity index (χ4n) is 3.17.